The number of likely N-dealkylation sites (tertiary alicyclic amines) is 1. The lowest BCUT2D eigenvalue weighted by molar-refractivity contribution is 0.255. The van der Waals surface area contributed by atoms with Gasteiger partial charge in [-0.3, -0.25) is 4.90 Å². The molecule has 0 unspecified atom stereocenters. The highest BCUT2D eigenvalue weighted by molar-refractivity contribution is 7.18. The average Bonchev–Trinajstić information content (AvgIpc) is 3.32. The molecule has 2 aromatic carbocycles. The first-order valence-electron chi connectivity index (χ1n) is 9.66. The number of hydrogen-bond acceptors (Lipinski definition) is 4. The van der Waals surface area contributed by atoms with Gasteiger partial charge in [-0.25, -0.2) is 4.98 Å². The molecule has 1 aliphatic heterocycles. The van der Waals surface area contributed by atoms with Crippen molar-refractivity contribution < 1.29 is 0 Å². The van der Waals surface area contributed by atoms with Crippen LogP contribution >= 0.6 is 11.3 Å². The zero-order valence-corrected chi connectivity index (χ0v) is 16.2. The van der Waals surface area contributed by atoms with Gasteiger partial charge in [0.05, 0.1) is 15.2 Å². The highest BCUT2D eigenvalue weighted by Crippen LogP contribution is 2.25. The van der Waals surface area contributed by atoms with Crippen molar-refractivity contribution in [1.29, 1.82) is 0 Å². The van der Waals surface area contributed by atoms with E-state index < -0.39 is 0 Å². The summed E-state index contributed by atoms with van der Waals surface area (Å²) in [7, 11) is 0. The Kier molecular flexibility index (Phi) is 5.63. The van der Waals surface area contributed by atoms with Gasteiger partial charge in [0.15, 0.2) is 0 Å². The van der Waals surface area contributed by atoms with E-state index in [1.54, 1.807) is 0 Å². The number of para-hydroxylation sites is 1. The zero-order chi connectivity index (χ0) is 17.8. The highest BCUT2D eigenvalue weighted by Gasteiger charge is 2.26. The van der Waals surface area contributed by atoms with Crippen LogP contribution < -0.4 is 5.32 Å². The Morgan fingerprint density at radius 2 is 1.96 bits per heavy atom. The molecule has 1 aliphatic rings. The summed E-state index contributed by atoms with van der Waals surface area (Å²) < 4.78 is 1.30. The molecule has 26 heavy (non-hydrogen) atoms. The SMILES string of the molecule is C[C@@H](c1ccccc1)N1CC[C@H](NCCCc2nc3ccccc3s2)C1. The Labute approximate surface area is 160 Å². The second kappa shape index (κ2) is 8.30. The zero-order valence-electron chi connectivity index (χ0n) is 15.4. The van der Waals surface area contributed by atoms with Crippen LogP contribution in [0.2, 0.25) is 0 Å². The molecule has 2 atom stereocenters. The summed E-state index contributed by atoms with van der Waals surface area (Å²) in [6.45, 7) is 5.74. The van der Waals surface area contributed by atoms with Gasteiger partial charge in [-0.05, 0) is 44.0 Å². The van der Waals surface area contributed by atoms with Gasteiger partial charge in [-0.1, -0.05) is 42.5 Å². The Bertz CT molecular complexity index is 797. The number of benzene rings is 2. The molecule has 1 saturated heterocycles. The Balaban J connectivity index is 1.21. The molecular formula is C22H27N3S. The predicted octanol–water partition coefficient (Wildman–Crippen LogP) is 4.65. The first kappa shape index (κ1) is 17.7. The standard InChI is InChI=1S/C22H27N3S/c1-17(18-8-3-2-4-9-18)25-15-13-19(16-25)23-14-7-12-22-24-20-10-5-6-11-21(20)26-22/h2-6,8-11,17,19,23H,7,12-16H2,1H3/t17-,19-/m0/s1. The van der Waals surface area contributed by atoms with Crippen LogP contribution in [0.25, 0.3) is 10.2 Å². The van der Waals surface area contributed by atoms with Crippen LogP contribution in [-0.4, -0.2) is 35.6 Å². The molecule has 4 rings (SSSR count). The summed E-state index contributed by atoms with van der Waals surface area (Å²) in [6.07, 6.45) is 3.48. The van der Waals surface area contributed by atoms with E-state index in [0.29, 0.717) is 12.1 Å². The first-order valence-corrected chi connectivity index (χ1v) is 10.5. The van der Waals surface area contributed by atoms with Gasteiger partial charge in [0.25, 0.3) is 0 Å². The molecule has 136 valence electrons. The minimum Gasteiger partial charge on any atom is -0.313 e. The van der Waals surface area contributed by atoms with Crippen LogP contribution in [0, 0.1) is 0 Å². The molecule has 4 heteroatoms. The fourth-order valence-electron chi connectivity index (χ4n) is 3.82. The third kappa shape index (κ3) is 4.14. The minimum atomic E-state index is 0.505. The van der Waals surface area contributed by atoms with Crippen molar-refractivity contribution in [2.75, 3.05) is 19.6 Å². The van der Waals surface area contributed by atoms with Crippen LogP contribution in [0.4, 0.5) is 0 Å². The smallest absolute Gasteiger partial charge is 0.0939 e. The lowest BCUT2D eigenvalue weighted by atomic mass is 10.1. The quantitative estimate of drug-likeness (QED) is 0.618. The molecule has 3 nitrogen and oxygen atoms in total. The summed E-state index contributed by atoms with van der Waals surface area (Å²) in [5.41, 5.74) is 2.56. The summed E-state index contributed by atoms with van der Waals surface area (Å²) in [6, 6.07) is 20.4. The van der Waals surface area contributed by atoms with E-state index in [-0.39, 0.29) is 0 Å². The molecule has 1 N–H and O–H groups in total. The lowest BCUT2D eigenvalue weighted by Crippen LogP contribution is -2.34. The van der Waals surface area contributed by atoms with E-state index in [1.807, 2.05) is 11.3 Å². The Morgan fingerprint density at radius 3 is 2.81 bits per heavy atom. The maximum Gasteiger partial charge on any atom is 0.0939 e. The van der Waals surface area contributed by atoms with E-state index in [9.17, 15) is 0 Å². The van der Waals surface area contributed by atoms with Crippen LogP contribution in [0.3, 0.4) is 0 Å². The van der Waals surface area contributed by atoms with Gasteiger partial charge in [0.2, 0.25) is 0 Å². The van der Waals surface area contributed by atoms with Gasteiger partial charge < -0.3 is 5.32 Å². The summed E-state index contributed by atoms with van der Waals surface area (Å²) in [4.78, 5) is 7.33. The number of nitrogens with one attached hydrogen (secondary N) is 1. The van der Waals surface area contributed by atoms with Crippen molar-refractivity contribution in [1.82, 2.24) is 15.2 Å². The molecule has 2 heterocycles. The van der Waals surface area contributed by atoms with E-state index in [1.165, 1.54) is 28.2 Å². The monoisotopic (exact) mass is 365 g/mol. The topological polar surface area (TPSA) is 28.2 Å². The molecule has 0 amide bonds. The Hall–Kier alpha value is -1.75. The average molecular weight is 366 g/mol. The molecule has 0 bridgehead atoms. The number of rotatable bonds is 7. The lowest BCUT2D eigenvalue weighted by Gasteiger charge is -2.24. The molecule has 3 aromatic rings. The molecule has 0 spiro atoms. The van der Waals surface area contributed by atoms with E-state index >= 15 is 0 Å². The maximum atomic E-state index is 4.73. The second-order valence-electron chi connectivity index (χ2n) is 7.20. The summed E-state index contributed by atoms with van der Waals surface area (Å²) in [5, 5.41) is 5.02. The fourth-order valence-corrected chi connectivity index (χ4v) is 4.83. The van der Waals surface area contributed by atoms with Crippen LogP contribution in [0.1, 0.15) is 36.4 Å². The first-order chi connectivity index (χ1) is 12.8. The molecule has 1 fully saturated rings. The van der Waals surface area contributed by atoms with E-state index in [4.69, 9.17) is 4.98 Å². The number of hydrogen-bond donors (Lipinski definition) is 1. The molecule has 1 aromatic heterocycles. The predicted molar refractivity (Wildman–Crippen MR) is 111 cm³/mol. The Morgan fingerprint density at radius 1 is 1.15 bits per heavy atom. The highest BCUT2D eigenvalue weighted by atomic mass is 32.1. The second-order valence-corrected chi connectivity index (χ2v) is 8.32. The maximum absolute atomic E-state index is 4.73. The van der Waals surface area contributed by atoms with E-state index in [2.05, 4.69) is 71.7 Å². The summed E-state index contributed by atoms with van der Waals surface area (Å²) in [5.74, 6) is 0. The van der Waals surface area contributed by atoms with Crippen molar-refractivity contribution >= 4 is 21.6 Å². The number of fused-ring (bicyclic) bond motifs is 1. The van der Waals surface area contributed by atoms with Crippen molar-refractivity contribution in [3.8, 4) is 0 Å². The third-order valence-corrected chi connectivity index (χ3v) is 6.48. The van der Waals surface area contributed by atoms with Crippen molar-refractivity contribution in [2.45, 2.75) is 38.3 Å². The van der Waals surface area contributed by atoms with Gasteiger partial charge in [0.1, 0.15) is 0 Å². The summed E-state index contributed by atoms with van der Waals surface area (Å²) >= 11 is 1.83. The van der Waals surface area contributed by atoms with Gasteiger partial charge in [-0.15, -0.1) is 11.3 Å². The van der Waals surface area contributed by atoms with Crippen molar-refractivity contribution in [2.24, 2.45) is 0 Å². The fraction of sp³-hybridized carbons (Fsp3) is 0.409. The number of aromatic nitrogens is 1. The van der Waals surface area contributed by atoms with Crippen molar-refractivity contribution in [3.05, 3.63) is 65.2 Å². The van der Waals surface area contributed by atoms with Crippen LogP contribution in [-0.2, 0) is 6.42 Å². The van der Waals surface area contributed by atoms with Gasteiger partial charge in [-0.2, -0.15) is 0 Å². The number of aryl methyl sites for hydroxylation is 1. The number of nitrogens with zero attached hydrogens (tertiary/aromatic N) is 2. The van der Waals surface area contributed by atoms with Gasteiger partial charge >= 0.3 is 0 Å². The largest absolute Gasteiger partial charge is 0.313 e. The third-order valence-electron chi connectivity index (χ3n) is 5.39. The van der Waals surface area contributed by atoms with Gasteiger partial charge in [0, 0.05) is 31.6 Å². The van der Waals surface area contributed by atoms with Crippen LogP contribution in [0.5, 0.6) is 0 Å². The normalized spacial score (nSPS) is 19.2. The minimum absolute atomic E-state index is 0.505. The molecule has 0 radical (unpaired) electrons. The molecule has 0 aliphatic carbocycles. The van der Waals surface area contributed by atoms with Crippen molar-refractivity contribution in [3.63, 3.8) is 0 Å². The van der Waals surface area contributed by atoms with E-state index in [0.717, 1.165) is 31.4 Å². The molecule has 0 saturated carbocycles. The number of thiazole rings is 1. The molecular weight excluding hydrogens is 338 g/mol. The van der Waals surface area contributed by atoms with Crippen LogP contribution in [0.15, 0.2) is 54.6 Å².